The van der Waals surface area contributed by atoms with Crippen LogP contribution in [-0.4, -0.2) is 34.7 Å². The van der Waals surface area contributed by atoms with Crippen molar-refractivity contribution in [2.24, 2.45) is 5.92 Å². The molecule has 0 saturated carbocycles. The number of carboxylic acid groups (broad SMARTS) is 1. The molecular formula is C7H12ClNO2S. The largest absolute Gasteiger partial charge is 0.481 e. The number of nitrogens with one attached hydrogen (secondary N) is 1. The Morgan fingerprint density at radius 2 is 2.25 bits per heavy atom. The van der Waals surface area contributed by atoms with Crippen molar-refractivity contribution in [1.29, 1.82) is 0 Å². The monoisotopic (exact) mass is 209 g/mol. The molecule has 0 bridgehead atoms. The predicted octanol–water partition coefficient (Wildman–Crippen LogP) is 0.588. The first kappa shape index (κ1) is 10.2. The van der Waals surface area contributed by atoms with Gasteiger partial charge < -0.3 is 10.4 Å². The van der Waals surface area contributed by atoms with Crippen molar-refractivity contribution in [2.75, 3.05) is 18.8 Å². The van der Waals surface area contributed by atoms with Crippen LogP contribution in [0.2, 0.25) is 0 Å². The highest BCUT2D eigenvalue weighted by atomic mass is 35.5. The fourth-order valence-corrected chi connectivity index (χ4v) is 3.20. The first-order valence-corrected chi connectivity index (χ1v) is 4.78. The van der Waals surface area contributed by atoms with Gasteiger partial charge in [-0.25, -0.2) is 0 Å². The lowest BCUT2D eigenvalue weighted by atomic mass is 9.91. The molecule has 2 rings (SSSR count). The van der Waals surface area contributed by atoms with Crippen LogP contribution in [-0.2, 0) is 4.79 Å². The van der Waals surface area contributed by atoms with E-state index in [9.17, 15) is 4.79 Å². The molecule has 0 aliphatic carbocycles. The van der Waals surface area contributed by atoms with Gasteiger partial charge in [-0.1, -0.05) is 0 Å². The van der Waals surface area contributed by atoms with E-state index >= 15 is 0 Å². The molecule has 2 N–H and O–H groups in total. The van der Waals surface area contributed by atoms with Crippen molar-refractivity contribution in [3.8, 4) is 0 Å². The molecule has 3 nitrogen and oxygen atoms in total. The Balaban J connectivity index is 0.000000720. The second-order valence-corrected chi connectivity index (χ2v) is 4.82. The molecule has 2 fully saturated rings. The number of carbonyl (C=O) groups is 1. The molecule has 2 aliphatic rings. The molecule has 2 aliphatic heterocycles. The number of carboxylic acids is 1. The highest BCUT2D eigenvalue weighted by molar-refractivity contribution is 8.01. The average Bonchev–Trinajstić information content (AvgIpc) is 2.28. The zero-order valence-electron chi connectivity index (χ0n) is 6.58. The van der Waals surface area contributed by atoms with Crippen LogP contribution >= 0.6 is 24.2 Å². The van der Waals surface area contributed by atoms with E-state index in [1.807, 2.05) is 11.8 Å². The molecule has 1 atom stereocenters. The van der Waals surface area contributed by atoms with Gasteiger partial charge in [-0.05, 0) is 6.42 Å². The van der Waals surface area contributed by atoms with Crippen molar-refractivity contribution in [3.63, 3.8) is 0 Å². The van der Waals surface area contributed by atoms with E-state index in [-0.39, 0.29) is 18.3 Å². The van der Waals surface area contributed by atoms with Crippen LogP contribution < -0.4 is 5.32 Å². The molecule has 0 amide bonds. The van der Waals surface area contributed by atoms with Crippen LogP contribution in [0.15, 0.2) is 0 Å². The van der Waals surface area contributed by atoms with Gasteiger partial charge >= 0.3 is 5.97 Å². The summed E-state index contributed by atoms with van der Waals surface area (Å²) in [6, 6.07) is 0. The van der Waals surface area contributed by atoms with E-state index in [0.717, 1.165) is 25.3 Å². The lowest BCUT2D eigenvalue weighted by Crippen LogP contribution is -2.55. The second kappa shape index (κ2) is 3.44. The minimum atomic E-state index is -0.624. The minimum absolute atomic E-state index is 0. The Morgan fingerprint density at radius 3 is 2.50 bits per heavy atom. The molecule has 2 heterocycles. The van der Waals surface area contributed by atoms with Gasteiger partial charge in [-0.3, -0.25) is 4.79 Å². The van der Waals surface area contributed by atoms with Crippen molar-refractivity contribution in [3.05, 3.63) is 0 Å². The quantitative estimate of drug-likeness (QED) is 0.664. The lowest BCUT2D eigenvalue weighted by molar-refractivity contribution is -0.141. The van der Waals surface area contributed by atoms with Gasteiger partial charge in [-0.2, -0.15) is 11.8 Å². The number of hydrogen-bond donors (Lipinski definition) is 2. The molecule has 2 saturated heterocycles. The average molecular weight is 210 g/mol. The third-order valence-electron chi connectivity index (χ3n) is 2.45. The Kier molecular flexibility index (Phi) is 2.91. The third-order valence-corrected chi connectivity index (χ3v) is 4.09. The minimum Gasteiger partial charge on any atom is -0.481 e. The summed E-state index contributed by atoms with van der Waals surface area (Å²) in [4.78, 5) is 10.6. The summed E-state index contributed by atoms with van der Waals surface area (Å²) < 4.78 is 0.295. The molecular weight excluding hydrogens is 198 g/mol. The number of rotatable bonds is 1. The Morgan fingerprint density at radius 1 is 1.58 bits per heavy atom. The first-order chi connectivity index (χ1) is 5.22. The van der Waals surface area contributed by atoms with E-state index in [4.69, 9.17) is 5.11 Å². The van der Waals surface area contributed by atoms with Crippen LogP contribution in [0.25, 0.3) is 0 Å². The van der Waals surface area contributed by atoms with Gasteiger partial charge in [0.05, 0.1) is 5.92 Å². The standard InChI is InChI=1S/C7H11NO2S.ClH/c9-6(10)5-1-7(11-2-5)3-8-4-7;/h5,8H,1-4H2,(H,9,10);1H. The van der Waals surface area contributed by atoms with Crippen LogP contribution in [0, 0.1) is 5.92 Å². The van der Waals surface area contributed by atoms with Crippen molar-refractivity contribution in [2.45, 2.75) is 11.2 Å². The smallest absolute Gasteiger partial charge is 0.307 e. The van der Waals surface area contributed by atoms with Gasteiger partial charge in [0.25, 0.3) is 0 Å². The maximum Gasteiger partial charge on any atom is 0.307 e. The molecule has 0 aromatic heterocycles. The maximum absolute atomic E-state index is 10.6. The summed E-state index contributed by atoms with van der Waals surface area (Å²) in [7, 11) is 0. The van der Waals surface area contributed by atoms with Gasteiger partial charge in [-0.15, -0.1) is 12.4 Å². The Bertz CT molecular complexity index is 196. The lowest BCUT2D eigenvalue weighted by Gasteiger charge is -2.38. The van der Waals surface area contributed by atoms with Gasteiger partial charge in [0, 0.05) is 23.6 Å². The summed E-state index contributed by atoms with van der Waals surface area (Å²) in [6.07, 6.45) is 0.861. The zero-order chi connectivity index (χ0) is 7.90. The molecule has 1 unspecified atom stereocenters. The molecule has 0 radical (unpaired) electrons. The highest BCUT2D eigenvalue weighted by Crippen LogP contribution is 2.43. The van der Waals surface area contributed by atoms with Gasteiger partial charge in [0.2, 0.25) is 0 Å². The van der Waals surface area contributed by atoms with Crippen molar-refractivity contribution in [1.82, 2.24) is 5.32 Å². The van der Waals surface area contributed by atoms with Crippen molar-refractivity contribution >= 4 is 30.1 Å². The fraction of sp³-hybridized carbons (Fsp3) is 0.857. The molecule has 1 spiro atoms. The number of hydrogen-bond acceptors (Lipinski definition) is 3. The van der Waals surface area contributed by atoms with Crippen LogP contribution in [0.3, 0.4) is 0 Å². The highest BCUT2D eigenvalue weighted by Gasteiger charge is 2.46. The Hall–Kier alpha value is 0.0700. The predicted molar refractivity (Wildman–Crippen MR) is 51.0 cm³/mol. The summed E-state index contributed by atoms with van der Waals surface area (Å²) >= 11 is 1.82. The molecule has 12 heavy (non-hydrogen) atoms. The summed E-state index contributed by atoms with van der Waals surface area (Å²) in [5.41, 5.74) is 0. The topological polar surface area (TPSA) is 49.3 Å². The number of halogens is 1. The number of aliphatic carboxylic acids is 1. The van der Waals surface area contributed by atoms with Gasteiger partial charge in [0.1, 0.15) is 0 Å². The normalized spacial score (nSPS) is 30.8. The van der Waals surface area contributed by atoms with E-state index in [1.165, 1.54) is 0 Å². The van der Waals surface area contributed by atoms with Crippen LogP contribution in [0.4, 0.5) is 0 Å². The van der Waals surface area contributed by atoms with E-state index in [0.29, 0.717) is 4.75 Å². The number of thioether (sulfide) groups is 1. The Labute approximate surface area is 81.7 Å². The van der Waals surface area contributed by atoms with Gasteiger partial charge in [0.15, 0.2) is 0 Å². The van der Waals surface area contributed by atoms with E-state index in [1.54, 1.807) is 0 Å². The SMILES string of the molecule is Cl.O=C(O)C1CSC2(CNC2)C1. The summed E-state index contributed by atoms with van der Waals surface area (Å²) in [5.74, 6) is 0.0835. The third kappa shape index (κ3) is 1.56. The van der Waals surface area contributed by atoms with Crippen molar-refractivity contribution < 1.29 is 9.90 Å². The van der Waals surface area contributed by atoms with E-state index in [2.05, 4.69) is 5.32 Å². The molecule has 70 valence electrons. The maximum atomic E-state index is 10.6. The molecule has 0 aromatic carbocycles. The summed E-state index contributed by atoms with van der Waals surface area (Å²) in [6.45, 7) is 2.00. The summed E-state index contributed by atoms with van der Waals surface area (Å²) in [5, 5.41) is 11.9. The van der Waals surface area contributed by atoms with Crippen LogP contribution in [0.1, 0.15) is 6.42 Å². The fourth-order valence-electron chi connectivity index (χ4n) is 1.65. The van der Waals surface area contributed by atoms with Crippen LogP contribution in [0.5, 0.6) is 0 Å². The molecule has 5 heteroatoms. The zero-order valence-corrected chi connectivity index (χ0v) is 8.21. The van der Waals surface area contributed by atoms with E-state index < -0.39 is 5.97 Å². The molecule has 0 aromatic rings. The first-order valence-electron chi connectivity index (χ1n) is 3.79. The second-order valence-electron chi connectivity index (χ2n) is 3.34.